The highest BCUT2D eigenvalue weighted by molar-refractivity contribution is 5.94. The Morgan fingerprint density at radius 2 is 1.92 bits per heavy atom. The number of fused-ring (bicyclic) bond motifs is 1. The van der Waals surface area contributed by atoms with Crippen LogP contribution in [0.2, 0.25) is 0 Å². The number of pyridine rings is 1. The molecule has 138 valence electrons. The molecule has 2 aliphatic carbocycles. The summed E-state index contributed by atoms with van der Waals surface area (Å²) >= 11 is 0. The van der Waals surface area contributed by atoms with Crippen LogP contribution in [0.25, 0.3) is 10.9 Å². The van der Waals surface area contributed by atoms with Gasteiger partial charge >= 0.3 is 5.97 Å². The van der Waals surface area contributed by atoms with E-state index in [1.54, 1.807) is 13.1 Å². The number of esters is 1. The summed E-state index contributed by atoms with van der Waals surface area (Å²) < 4.78 is 21.8. The third-order valence-electron chi connectivity index (χ3n) is 5.63. The Labute approximate surface area is 152 Å². The van der Waals surface area contributed by atoms with Crippen molar-refractivity contribution in [2.45, 2.75) is 63.8 Å². The van der Waals surface area contributed by atoms with Crippen molar-refractivity contribution >= 4 is 16.9 Å². The van der Waals surface area contributed by atoms with Gasteiger partial charge in [-0.2, -0.15) is 0 Å². The summed E-state index contributed by atoms with van der Waals surface area (Å²) in [7, 11) is 0. The first-order valence-corrected chi connectivity index (χ1v) is 9.65. The molecule has 0 N–H and O–H groups in total. The first kappa shape index (κ1) is 17.3. The number of nitrogens with zero attached hydrogens (tertiary/aromatic N) is 1. The average molecular weight is 357 g/mol. The zero-order chi connectivity index (χ0) is 18.3. The highest BCUT2D eigenvalue weighted by atomic mass is 19.1. The zero-order valence-electron chi connectivity index (χ0n) is 15.1. The van der Waals surface area contributed by atoms with Crippen LogP contribution in [0, 0.1) is 5.82 Å². The van der Waals surface area contributed by atoms with E-state index in [2.05, 4.69) is 0 Å². The molecule has 2 fully saturated rings. The maximum absolute atomic E-state index is 14.8. The van der Waals surface area contributed by atoms with Crippen LogP contribution in [0.1, 0.15) is 79.8 Å². The van der Waals surface area contributed by atoms with E-state index >= 15 is 0 Å². The molecular formula is C21H24FNO3. The molecule has 2 aromatic rings. The van der Waals surface area contributed by atoms with E-state index in [9.17, 15) is 14.0 Å². The van der Waals surface area contributed by atoms with Crippen molar-refractivity contribution in [3.05, 3.63) is 45.5 Å². The summed E-state index contributed by atoms with van der Waals surface area (Å²) in [6.07, 6.45) is 9.09. The highest BCUT2D eigenvalue weighted by Crippen LogP contribution is 2.39. The van der Waals surface area contributed by atoms with E-state index < -0.39 is 11.4 Å². The lowest BCUT2D eigenvalue weighted by atomic mass is 9.83. The number of rotatable bonds is 4. The average Bonchev–Trinajstić information content (AvgIpc) is 3.48. The highest BCUT2D eigenvalue weighted by Gasteiger charge is 2.28. The van der Waals surface area contributed by atoms with Crippen molar-refractivity contribution in [1.82, 2.24) is 4.57 Å². The van der Waals surface area contributed by atoms with Crippen LogP contribution in [-0.4, -0.2) is 17.1 Å². The summed E-state index contributed by atoms with van der Waals surface area (Å²) in [5, 5.41) is 0.277. The lowest BCUT2D eigenvalue weighted by molar-refractivity contribution is 0.0524. The van der Waals surface area contributed by atoms with Gasteiger partial charge in [-0.3, -0.25) is 4.79 Å². The molecule has 0 spiro atoms. The van der Waals surface area contributed by atoms with Gasteiger partial charge in [-0.05, 0) is 56.2 Å². The maximum atomic E-state index is 14.8. The van der Waals surface area contributed by atoms with Crippen molar-refractivity contribution in [2.24, 2.45) is 0 Å². The molecule has 4 nitrogen and oxygen atoms in total. The van der Waals surface area contributed by atoms with Gasteiger partial charge < -0.3 is 9.30 Å². The van der Waals surface area contributed by atoms with E-state index in [-0.39, 0.29) is 35.3 Å². The van der Waals surface area contributed by atoms with Gasteiger partial charge in [0.2, 0.25) is 5.43 Å². The van der Waals surface area contributed by atoms with Gasteiger partial charge in [0.1, 0.15) is 11.4 Å². The van der Waals surface area contributed by atoms with E-state index in [0.29, 0.717) is 0 Å². The molecule has 0 bridgehead atoms. The van der Waals surface area contributed by atoms with Crippen molar-refractivity contribution in [1.29, 1.82) is 0 Å². The normalized spacial score (nSPS) is 18.2. The monoisotopic (exact) mass is 357 g/mol. The third kappa shape index (κ3) is 3.04. The molecular weight excluding hydrogens is 333 g/mol. The fourth-order valence-corrected chi connectivity index (χ4v) is 4.12. The van der Waals surface area contributed by atoms with Crippen molar-refractivity contribution in [3.8, 4) is 0 Å². The number of carbonyl (C=O) groups excluding carboxylic acids is 1. The molecule has 5 heteroatoms. The number of hydrogen-bond acceptors (Lipinski definition) is 3. The molecule has 1 aromatic heterocycles. The molecule has 0 amide bonds. The Hall–Kier alpha value is -2.17. The predicted molar refractivity (Wildman–Crippen MR) is 98.2 cm³/mol. The van der Waals surface area contributed by atoms with Gasteiger partial charge in [0, 0.05) is 17.6 Å². The van der Waals surface area contributed by atoms with Gasteiger partial charge in [0.05, 0.1) is 12.1 Å². The maximum Gasteiger partial charge on any atom is 0.343 e. The molecule has 0 radical (unpaired) electrons. The first-order chi connectivity index (χ1) is 12.6. The Morgan fingerprint density at radius 3 is 2.58 bits per heavy atom. The molecule has 26 heavy (non-hydrogen) atoms. The molecule has 0 aliphatic heterocycles. The SMILES string of the molecule is CCOC(=O)c1cn(C2CC2)c2cc(C3CCCCC3)c(F)cc2c1=O. The Bertz CT molecular complexity index is 908. The molecule has 4 rings (SSSR count). The second kappa shape index (κ2) is 6.86. The fraction of sp³-hybridized carbons (Fsp3) is 0.524. The standard InChI is InChI=1S/C21H24FNO3/c1-2-26-21(25)17-12-23(14-8-9-14)19-11-15(13-6-4-3-5-7-13)18(22)10-16(19)20(17)24/h10-14H,2-9H2,1H3. The molecule has 1 aromatic carbocycles. The number of benzene rings is 1. The first-order valence-electron chi connectivity index (χ1n) is 9.65. The van der Waals surface area contributed by atoms with E-state index in [1.807, 2.05) is 10.6 Å². The van der Waals surface area contributed by atoms with Gasteiger partial charge in [0.15, 0.2) is 0 Å². The number of carbonyl (C=O) groups is 1. The third-order valence-corrected chi connectivity index (χ3v) is 5.63. The minimum absolute atomic E-state index is 0.00364. The molecule has 1 heterocycles. The van der Waals surface area contributed by atoms with Gasteiger partial charge in [-0.25, -0.2) is 9.18 Å². The van der Waals surface area contributed by atoms with Crippen molar-refractivity contribution < 1.29 is 13.9 Å². The Balaban J connectivity index is 1.89. The smallest absolute Gasteiger partial charge is 0.343 e. The lowest BCUT2D eigenvalue weighted by Crippen LogP contribution is -2.21. The fourth-order valence-electron chi connectivity index (χ4n) is 4.12. The Kier molecular flexibility index (Phi) is 4.55. The van der Waals surface area contributed by atoms with Crippen LogP contribution < -0.4 is 5.43 Å². The van der Waals surface area contributed by atoms with E-state index in [0.717, 1.165) is 49.6 Å². The van der Waals surface area contributed by atoms with Crippen molar-refractivity contribution in [3.63, 3.8) is 0 Å². The summed E-state index contributed by atoms with van der Waals surface area (Å²) in [6, 6.07) is 3.47. The molecule has 0 unspecified atom stereocenters. The van der Waals surface area contributed by atoms with Gasteiger partial charge in [-0.1, -0.05) is 19.3 Å². The molecule has 2 saturated carbocycles. The second-order valence-corrected chi connectivity index (χ2v) is 7.46. The van der Waals surface area contributed by atoms with Crippen LogP contribution in [0.15, 0.2) is 23.1 Å². The van der Waals surface area contributed by atoms with Crippen LogP contribution in [-0.2, 0) is 4.74 Å². The van der Waals surface area contributed by atoms with Crippen LogP contribution in [0.3, 0.4) is 0 Å². The van der Waals surface area contributed by atoms with Crippen LogP contribution in [0.5, 0.6) is 0 Å². The number of hydrogen-bond donors (Lipinski definition) is 0. The summed E-state index contributed by atoms with van der Waals surface area (Å²) in [5.74, 6) is -0.740. The number of aromatic nitrogens is 1. The Morgan fingerprint density at radius 1 is 1.19 bits per heavy atom. The zero-order valence-corrected chi connectivity index (χ0v) is 15.1. The lowest BCUT2D eigenvalue weighted by Gasteiger charge is -2.23. The quantitative estimate of drug-likeness (QED) is 0.745. The second-order valence-electron chi connectivity index (χ2n) is 7.46. The largest absolute Gasteiger partial charge is 0.462 e. The molecule has 2 aliphatic rings. The minimum atomic E-state index is -0.634. The van der Waals surface area contributed by atoms with Crippen LogP contribution >= 0.6 is 0 Å². The summed E-state index contributed by atoms with van der Waals surface area (Å²) in [5.41, 5.74) is 1.02. The number of halogens is 1. The molecule has 0 saturated heterocycles. The van der Waals surface area contributed by atoms with Crippen molar-refractivity contribution in [2.75, 3.05) is 6.61 Å². The predicted octanol–water partition coefficient (Wildman–Crippen LogP) is 4.70. The summed E-state index contributed by atoms with van der Waals surface area (Å²) in [4.78, 5) is 25.0. The number of ether oxygens (including phenoxy) is 1. The minimum Gasteiger partial charge on any atom is -0.462 e. The molecule has 0 atom stereocenters. The van der Waals surface area contributed by atoms with Gasteiger partial charge in [0.25, 0.3) is 0 Å². The summed E-state index contributed by atoms with van der Waals surface area (Å²) in [6.45, 7) is 1.91. The van der Waals surface area contributed by atoms with Gasteiger partial charge in [-0.15, -0.1) is 0 Å². The van der Waals surface area contributed by atoms with Crippen LogP contribution in [0.4, 0.5) is 4.39 Å². The van der Waals surface area contributed by atoms with E-state index in [1.165, 1.54) is 12.5 Å². The topological polar surface area (TPSA) is 48.3 Å². The van der Waals surface area contributed by atoms with E-state index in [4.69, 9.17) is 4.74 Å².